The molecule has 1 atom stereocenters. The lowest BCUT2D eigenvalue weighted by Crippen LogP contribution is -2.42. The number of nitrogens with zero attached hydrogens (tertiary/aromatic N) is 1. The van der Waals surface area contributed by atoms with Crippen LogP contribution < -0.4 is 9.64 Å². The summed E-state index contributed by atoms with van der Waals surface area (Å²) in [5.41, 5.74) is 2.26. The van der Waals surface area contributed by atoms with Crippen LogP contribution in [0.3, 0.4) is 0 Å². The molecule has 0 radical (unpaired) electrons. The Kier molecular flexibility index (Phi) is 3.84. The summed E-state index contributed by atoms with van der Waals surface area (Å²) >= 11 is 0. The normalized spacial score (nSPS) is 17.0. The van der Waals surface area contributed by atoms with Gasteiger partial charge < -0.3 is 9.64 Å². The molecule has 3 nitrogen and oxygen atoms in total. The summed E-state index contributed by atoms with van der Waals surface area (Å²) in [5.74, 6) is 0.302. The number of rotatable bonds is 2. The number of carbonyl (C=O) groups excluding carboxylic acids is 1. The highest BCUT2D eigenvalue weighted by Crippen LogP contribution is 2.32. The van der Waals surface area contributed by atoms with Gasteiger partial charge in [0.2, 0.25) is 0 Å². The fourth-order valence-corrected chi connectivity index (χ4v) is 2.93. The number of benzene rings is 2. The molecule has 1 amide bonds. The van der Waals surface area contributed by atoms with Gasteiger partial charge in [-0.15, -0.1) is 0 Å². The molecule has 0 fully saturated rings. The van der Waals surface area contributed by atoms with E-state index in [0.717, 1.165) is 24.1 Å². The number of fused-ring (bicyclic) bond motifs is 1. The minimum Gasteiger partial charge on any atom is -0.497 e. The minimum atomic E-state index is -0.262. The highest BCUT2D eigenvalue weighted by atomic mass is 19.1. The minimum absolute atomic E-state index is 0.0802. The van der Waals surface area contributed by atoms with Crippen molar-refractivity contribution in [2.45, 2.75) is 25.8 Å². The Morgan fingerprint density at radius 3 is 2.86 bits per heavy atom. The van der Waals surface area contributed by atoms with Gasteiger partial charge in [-0.2, -0.15) is 0 Å². The predicted molar refractivity (Wildman–Crippen MR) is 84.0 cm³/mol. The molecular weight excluding hydrogens is 281 g/mol. The summed E-state index contributed by atoms with van der Waals surface area (Å²) < 4.78 is 18.6. The third-order valence-electron chi connectivity index (χ3n) is 4.11. The Labute approximate surface area is 129 Å². The number of anilines is 1. The van der Waals surface area contributed by atoms with E-state index in [1.807, 2.05) is 6.92 Å². The molecule has 0 unspecified atom stereocenters. The lowest BCUT2D eigenvalue weighted by molar-refractivity contribution is 0.0975. The van der Waals surface area contributed by atoms with Crippen molar-refractivity contribution in [1.82, 2.24) is 0 Å². The van der Waals surface area contributed by atoms with Gasteiger partial charge in [0.05, 0.1) is 7.11 Å². The van der Waals surface area contributed by atoms with Crippen LogP contribution in [0.5, 0.6) is 5.75 Å². The summed E-state index contributed by atoms with van der Waals surface area (Å²) in [5, 5.41) is 0. The third-order valence-corrected chi connectivity index (χ3v) is 4.11. The summed E-state index contributed by atoms with van der Waals surface area (Å²) in [6, 6.07) is 11.8. The molecule has 0 saturated heterocycles. The standard InChI is InChI=1S/C18H18FNO2/c1-12-6-7-13-10-15(19)8-9-17(13)20(12)18(21)14-4-3-5-16(11-14)22-2/h3-5,8-12H,6-7H2,1-2H3/t12-/m1/s1. The number of hydrogen-bond acceptors (Lipinski definition) is 2. The zero-order chi connectivity index (χ0) is 15.7. The van der Waals surface area contributed by atoms with E-state index >= 15 is 0 Å². The van der Waals surface area contributed by atoms with E-state index in [1.54, 1.807) is 42.3 Å². The maximum absolute atomic E-state index is 13.4. The molecule has 0 saturated carbocycles. The van der Waals surface area contributed by atoms with Crippen molar-refractivity contribution < 1.29 is 13.9 Å². The molecule has 0 spiro atoms. The molecule has 22 heavy (non-hydrogen) atoms. The van der Waals surface area contributed by atoms with Crippen molar-refractivity contribution in [2.24, 2.45) is 0 Å². The number of aryl methyl sites for hydroxylation is 1. The molecule has 2 aromatic rings. The van der Waals surface area contributed by atoms with Crippen LogP contribution in [-0.4, -0.2) is 19.1 Å². The molecular formula is C18H18FNO2. The first-order chi connectivity index (χ1) is 10.6. The van der Waals surface area contributed by atoms with Gasteiger partial charge in [-0.05, 0) is 61.7 Å². The van der Waals surface area contributed by atoms with Crippen molar-refractivity contribution in [2.75, 3.05) is 12.0 Å². The molecule has 1 aliphatic rings. The molecule has 3 rings (SSSR count). The Bertz CT molecular complexity index is 714. The molecule has 114 valence electrons. The average molecular weight is 299 g/mol. The third kappa shape index (κ3) is 2.56. The van der Waals surface area contributed by atoms with Crippen LogP contribution in [0, 0.1) is 5.82 Å². The van der Waals surface area contributed by atoms with Crippen LogP contribution in [0.25, 0.3) is 0 Å². The zero-order valence-corrected chi connectivity index (χ0v) is 12.7. The molecule has 0 bridgehead atoms. The first kappa shape index (κ1) is 14.6. The maximum atomic E-state index is 13.4. The molecule has 0 N–H and O–H groups in total. The van der Waals surface area contributed by atoms with Crippen molar-refractivity contribution in [1.29, 1.82) is 0 Å². The summed E-state index contributed by atoms with van der Waals surface area (Å²) in [4.78, 5) is 14.7. The monoisotopic (exact) mass is 299 g/mol. The van der Waals surface area contributed by atoms with Gasteiger partial charge in [-0.3, -0.25) is 4.79 Å². The van der Waals surface area contributed by atoms with Crippen molar-refractivity contribution in [3.05, 3.63) is 59.4 Å². The van der Waals surface area contributed by atoms with E-state index in [0.29, 0.717) is 11.3 Å². The topological polar surface area (TPSA) is 29.5 Å². The maximum Gasteiger partial charge on any atom is 0.258 e. The number of amides is 1. The van der Waals surface area contributed by atoms with Gasteiger partial charge in [-0.25, -0.2) is 4.39 Å². The lowest BCUT2D eigenvalue weighted by Gasteiger charge is -2.35. The van der Waals surface area contributed by atoms with Crippen LogP contribution in [0.4, 0.5) is 10.1 Å². The van der Waals surface area contributed by atoms with Gasteiger partial charge in [-0.1, -0.05) is 6.07 Å². The van der Waals surface area contributed by atoms with Crippen LogP contribution in [0.15, 0.2) is 42.5 Å². The lowest BCUT2D eigenvalue weighted by atomic mass is 9.95. The summed E-state index contributed by atoms with van der Waals surface area (Å²) in [7, 11) is 1.57. The zero-order valence-electron chi connectivity index (χ0n) is 12.7. The van der Waals surface area contributed by atoms with Gasteiger partial charge >= 0.3 is 0 Å². The van der Waals surface area contributed by atoms with Gasteiger partial charge in [0.1, 0.15) is 11.6 Å². The van der Waals surface area contributed by atoms with Crippen LogP contribution >= 0.6 is 0 Å². The molecule has 0 aromatic heterocycles. The highest BCUT2D eigenvalue weighted by molar-refractivity contribution is 6.07. The molecule has 4 heteroatoms. The van der Waals surface area contributed by atoms with Crippen molar-refractivity contribution in [3.8, 4) is 5.75 Å². The van der Waals surface area contributed by atoms with E-state index in [-0.39, 0.29) is 17.8 Å². The Hall–Kier alpha value is -2.36. The van der Waals surface area contributed by atoms with E-state index in [1.165, 1.54) is 12.1 Å². The fraction of sp³-hybridized carbons (Fsp3) is 0.278. The average Bonchev–Trinajstić information content (AvgIpc) is 2.54. The molecule has 1 heterocycles. The number of ether oxygens (including phenoxy) is 1. The van der Waals surface area contributed by atoms with E-state index in [9.17, 15) is 9.18 Å². The highest BCUT2D eigenvalue weighted by Gasteiger charge is 2.29. The molecule has 1 aliphatic heterocycles. The molecule has 0 aliphatic carbocycles. The number of carbonyl (C=O) groups is 1. The quantitative estimate of drug-likeness (QED) is 0.844. The molecule has 2 aromatic carbocycles. The van der Waals surface area contributed by atoms with E-state index < -0.39 is 0 Å². The smallest absolute Gasteiger partial charge is 0.258 e. The Morgan fingerprint density at radius 1 is 1.27 bits per heavy atom. The SMILES string of the molecule is COc1cccc(C(=O)N2c3ccc(F)cc3CC[C@H]2C)c1. The number of hydrogen-bond donors (Lipinski definition) is 0. The summed E-state index contributed by atoms with van der Waals surface area (Å²) in [6.45, 7) is 2.02. The fourth-order valence-electron chi connectivity index (χ4n) is 2.93. The largest absolute Gasteiger partial charge is 0.497 e. The van der Waals surface area contributed by atoms with Crippen molar-refractivity contribution >= 4 is 11.6 Å². The number of halogens is 1. The van der Waals surface area contributed by atoms with Gasteiger partial charge in [0, 0.05) is 17.3 Å². The van der Waals surface area contributed by atoms with Crippen LogP contribution in [-0.2, 0) is 6.42 Å². The summed E-state index contributed by atoms with van der Waals surface area (Å²) in [6.07, 6.45) is 1.61. The van der Waals surface area contributed by atoms with Crippen LogP contribution in [0.1, 0.15) is 29.3 Å². The van der Waals surface area contributed by atoms with Gasteiger partial charge in [0.15, 0.2) is 0 Å². The predicted octanol–water partition coefficient (Wildman–Crippen LogP) is 3.82. The Balaban J connectivity index is 2.01. The van der Waals surface area contributed by atoms with Crippen molar-refractivity contribution in [3.63, 3.8) is 0 Å². The van der Waals surface area contributed by atoms with E-state index in [4.69, 9.17) is 4.74 Å². The van der Waals surface area contributed by atoms with Gasteiger partial charge in [0.25, 0.3) is 5.91 Å². The van der Waals surface area contributed by atoms with Crippen LogP contribution in [0.2, 0.25) is 0 Å². The number of methoxy groups -OCH3 is 1. The van der Waals surface area contributed by atoms with E-state index in [2.05, 4.69) is 0 Å². The Morgan fingerprint density at radius 2 is 2.09 bits per heavy atom. The second-order valence-corrected chi connectivity index (χ2v) is 5.57. The first-order valence-corrected chi connectivity index (χ1v) is 7.36. The second-order valence-electron chi connectivity index (χ2n) is 5.57. The second kappa shape index (κ2) is 5.79. The first-order valence-electron chi connectivity index (χ1n) is 7.36.